The summed E-state index contributed by atoms with van der Waals surface area (Å²) >= 11 is 1.13. The number of fused-ring (bicyclic) bond motifs is 1. The maximum Gasteiger partial charge on any atom is 0.175 e. The first-order valence-electron chi connectivity index (χ1n) is 8.37. The van der Waals surface area contributed by atoms with Crippen molar-refractivity contribution >= 4 is 39.8 Å². The Morgan fingerprint density at radius 2 is 1.57 bits per heavy atom. The molecule has 0 amide bonds. The maximum atomic E-state index is 12.9. The monoisotopic (exact) mass is 528 g/mol. The Bertz CT molecular complexity index is 1200. The summed E-state index contributed by atoms with van der Waals surface area (Å²) < 4.78 is 52.8. The molecule has 0 fully saturated rings. The fourth-order valence-corrected chi connectivity index (χ4v) is 3.17. The van der Waals surface area contributed by atoms with Gasteiger partial charge in [-0.15, -0.1) is 0 Å². The molecule has 4 aromatic rings. The molecule has 30 heavy (non-hydrogen) atoms. The number of aryl methyl sites for hydroxylation is 1. The topological polar surface area (TPSA) is 63.3 Å². The van der Waals surface area contributed by atoms with Crippen LogP contribution in [0.5, 0.6) is 0 Å². The molecule has 0 aliphatic rings. The third kappa shape index (κ3) is 4.13. The van der Waals surface area contributed by atoms with Gasteiger partial charge < -0.3 is 9.77 Å². The van der Waals surface area contributed by atoms with E-state index in [1.54, 1.807) is 12.4 Å². The number of pyridine rings is 1. The van der Waals surface area contributed by atoms with Crippen molar-refractivity contribution in [2.24, 2.45) is 12.2 Å². The van der Waals surface area contributed by atoms with Gasteiger partial charge in [-0.25, -0.2) is 22.5 Å². The van der Waals surface area contributed by atoms with Gasteiger partial charge in [-0.2, -0.15) is 0 Å². The standard InChI is InChI=1S/C13H11N3.C7H2F4INO/c1-16-12-5-3-2-4-11(12)15-13(16)10-6-8-14-9-7-10;8-3-2(1-13-14)4(9)6(11)7(12)5(3)10/h2-9H,1H3;1,14H/b;13-1+. The van der Waals surface area contributed by atoms with E-state index in [2.05, 4.69) is 25.8 Å². The zero-order chi connectivity index (χ0) is 21.8. The molecule has 1 N–H and O–H groups in total. The molecule has 0 aliphatic carbocycles. The van der Waals surface area contributed by atoms with Gasteiger partial charge in [-0.05, 0) is 46.9 Å². The molecule has 154 valence electrons. The van der Waals surface area contributed by atoms with Gasteiger partial charge in [-0.1, -0.05) is 17.3 Å². The van der Waals surface area contributed by atoms with Crippen molar-refractivity contribution < 1.29 is 22.8 Å². The largest absolute Gasteiger partial charge is 0.411 e. The zero-order valence-electron chi connectivity index (χ0n) is 15.3. The van der Waals surface area contributed by atoms with Crippen LogP contribution in [-0.4, -0.2) is 26.0 Å². The molecule has 2 aromatic heterocycles. The molecule has 0 spiro atoms. The number of halogens is 5. The summed E-state index contributed by atoms with van der Waals surface area (Å²) in [6.45, 7) is 0. The van der Waals surface area contributed by atoms with Gasteiger partial charge in [-0.3, -0.25) is 4.98 Å². The lowest BCUT2D eigenvalue weighted by Crippen LogP contribution is -2.05. The number of hydrogen-bond donors (Lipinski definition) is 1. The Morgan fingerprint density at radius 1 is 0.967 bits per heavy atom. The van der Waals surface area contributed by atoms with Gasteiger partial charge >= 0.3 is 0 Å². The van der Waals surface area contributed by atoms with Gasteiger partial charge in [0.2, 0.25) is 0 Å². The molecule has 4 rings (SSSR count). The van der Waals surface area contributed by atoms with Crippen LogP contribution in [0.1, 0.15) is 5.56 Å². The number of benzene rings is 2. The van der Waals surface area contributed by atoms with Gasteiger partial charge in [0.1, 0.15) is 5.82 Å². The van der Waals surface area contributed by atoms with Gasteiger partial charge in [0.25, 0.3) is 0 Å². The number of hydrogen-bond acceptors (Lipinski definition) is 4. The molecule has 10 heteroatoms. The Morgan fingerprint density at radius 3 is 2.13 bits per heavy atom. The third-order valence-corrected chi connectivity index (χ3v) is 5.10. The number of rotatable bonds is 2. The molecular formula is C20H13F4IN4O. The minimum Gasteiger partial charge on any atom is -0.411 e. The second-order valence-electron chi connectivity index (χ2n) is 5.95. The van der Waals surface area contributed by atoms with E-state index < -0.39 is 32.4 Å². The molecular weight excluding hydrogens is 515 g/mol. The van der Waals surface area contributed by atoms with E-state index in [9.17, 15) is 17.6 Å². The minimum atomic E-state index is -1.59. The van der Waals surface area contributed by atoms with Crippen molar-refractivity contribution in [1.29, 1.82) is 0 Å². The number of aromatic nitrogens is 3. The number of nitrogens with zero attached hydrogens (tertiary/aromatic N) is 4. The lowest BCUT2D eigenvalue weighted by Gasteiger charge is -2.03. The predicted molar refractivity (Wildman–Crippen MR) is 112 cm³/mol. The quantitative estimate of drug-likeness (QED) is 0.0732. The van der Waals surface area contributed by atoms with Crippen LogP contribution in [0, 0.1) is 26.8 Å². The second-order valence-corrected chi connectivity index (χ2v) is 7.03. The first-order valence-corrected chi connectivity index (χ1v) is 9.45. The predicted octanol–water partition coefficient (Wildman–Crippen LogP) is 5.29. The number of oxime groups is 1. The molecule has 5 nitrogen and oxygen atoms in total. The summed E-state index contributed by atoms with van der Waals surface area (Å²) in [7, 11) is 2.03. The summed E-state index contributed by atoms with van der Waals surface area (Å²) in [6, 6.07) is 12.1. The van der Waals surface area contributed by atoms with E-state index in [1.807, 2.05) is 37.4 Å². The lowest BCUT2D eigenvalue weighted by molar-refractivity contribution is 0.321. The SMILES string of the molecule is Cn1c(-c2ccncc2)nc2ccccc21.O/N=C/c1c(F)c(F)c(I)c(F)c1F. The van der Waals surface area contributed by atoms with E-state index in [0.29, 0.717) is 0 Å². The average molecular weight is 528 g/mol. The van der Waals surface area contributed by atoms with Crippen molar-refractivity contribution in [3.05, 3.63) is 81.2 Å². The van der Waals surface area contributed by atoms with E-state index >= 15 is 0 Å². The number of para-hydroxylation sites is 2. The smallest absolute Gasteiger partial charge is 0.175 e. The molecule has 0 atom stereocenters. The maximum absolute atomic E-state index is 12.9. The van der Waals surface area contributed by atoms with Crippen molar-refractivity contribution in [1.82, 2.24) is 14.5 Å². The van der Waals surface area contributed by atoms with Crippen LogP contribution in [0.3, 0.4) is 0 Å². The Balaban J connectivity index is 0.000000173. The highest BCUT2D eigenvalue weighted by molar-refractivity contribution is 14.1. The van der Waals surface area contributed by atoms with Crippen LogP contribution in [0.15, 0.2) is 53.9 Å². The third-order valence-electron chi connectivity index (χ3n) is 4.16. The molecule has 0 bridgehead atoms. The van der Waals surface area contributed by atoms with E-state index in [0.717, 1.165) is 45.0 Å². The van der Waals surface area contributed by atoms with Crippen LogP contribution >= 0.6 is 22.6 Å². The zero-order valence-corrected chi connectivity index (χ0v) is 17.5. The molecule has 0 radical (unpaired) electrons. The van der Waals surface area contributed by atoms with E-state index in [-0.39, 0.29) is 6.21 Å². The van der Waals surface area contributed by atoms with Crippen LogP contribution in [0.4, 0.5) is 17.6 Å². The number of imidazole rings is 1. The Kier molecular flexibility index (Phi) is 6.65. The Hall–Kier alpha value is -3.02. The summed E-state index contributed by atoms with van der Waals surface area (Å²) in [5.41, 5.74) is 2.21. The molecule has 2 heterocycles. The van der Waals surface area contributed by atoms with Crippen molar-refractivity contribution in [2.75, 3.05) is 0 Å². The fraction of sp³-hybridized carbons (Fsp3) is 0.0500. The highest BCUT2D eigenvalue weighted by Gasteiger charge is 2.22. The van der Waals surface area contributed by atoms with Gasteiger partial charge in [0.15, 0.2) is 23.3 Å². The van der Waals surface area contributed by atoms with Crippen molar-refractivity contribution in [2.45, 2.75) is 0 Å². The fourth-order valence-electron chi connectivity index (χ4n) is 2.70. The van der Waals surface area contributed by atoms with Gasteiger partial charge in [0.05, 0.1) is 26.4 Å². The van der Waals surface area contributed by atoms with Crippen molar-refractivity contribution in [3.63, 3.8) is 0 Å². The summed E-state index contributed by atoms with van der Waals surface area (Å²) in [4.78, 5) is 8.64. The minimum absolute atomic E-state index is 0.285. The molecule has 0 aliphatic heterocycles. The van der Waals surface area contributed by atoms with Crippen molar-refractivity contribution in [3.8, 4) is 11.4 Å². The van der Waals surface area contributed by atoms with Crippen LogP contribution in [0.2, 0.25) is 0 Å². The van der Waals surface area contributed by atoms with Crippen LogP contribution in [-0.2, 0) is 7.05 Å². The summed E-state index contributed by atoms with van der Waals surface area (Å²) in [6.07, 6.45) is 3.86. The average Bonchev–Trinajstić information content (AvgIpc) is 3.12. The molecule has 0 saturated heterocycles. The molecule has 0 saturated carbocycles. The first-order chi connectivity index (χ1) is 14.4. The summed E-state index contributed by atoms with van der Waals surface area (Å²) in [5.74, 6) is -5.24. The molecule has 0 unspecified atom stereocenters. The van der Waals surface area contributed by atoms with Crippen LogP contribution < -0.4 is 0 Å². The lowest BCUT2D eigenvalue weighted by atomic mass is 10.2. The highest BCUT2D eigenvalue weighted by atomic mass is 127. The first kappa shape index (κ1) is 21.7. The summed E-state index contributed by atoms with van der Waals surface area (Å²) in [5, 5.41) is 10.3. The molecule has 2 aromatic carbocycles. The highest BCUT2D eigenvalue weighted by Crippen LogP contribution is 2.24. The van der Waals surface area contributed by atoms with Gasteiger partial charge in [0, 0.05) is 25.0 Å². The van der Waals surface area contributed by atoms with E-state index in [1.165, 1.54) is 0 Å². The Labute approximate surface area is 181 Å². The normalized spacial score (nSPS) is 11.0. The van der Waals surface area contributed by atoms with E-state index in [4.69, 9.17) is 5.21 Å². The second kappa shape index (κ2) is 9.20. The van der Waals surface area contributed by atoms with Crippen LogP contribution in [0.25, 0.3) is 22.4 Å².